The summed E-state index contributed by atoms with van der Waals surface area (Å²) in [7, 11) is 0. The predicted octanol–water partition coefficient (Wildman–Crippen LogP) is 3.78. The third kappa shape index (κ3) is 5.75. The lowest BCUT2D eigenvalue weighted by atomic mass is 10.1. The van der Waals surface area contributed by atoms with Gasteiger partial charge in [-0.2, -0.15) is 13.2 Å². The van der Waals surface area contributed by atoms with E-state index < -0.39 is 23.7 Å². The normalized spacial score (nSPS) is 17.0. The van der Waals surface area contributed by atoms with Crippen LogP contribution in [-0.4, -0.2) is 35.9 Å². The van der Waals surface area contributed by atoms with Gasteiger partial charge in [0.05, 0.1) is 5.56 Å². The molecule has 1 heterocycles. The van der Waals surface area contributed by atoms with E-state index in [4.69, 9.17) is 4.74 Å². The molecule has 1 fully saturated rings. The van der Waals surface area contributed by atoms with Crippen LogP contribution >= 0.6 is 0 Å². The van der Waals surface area contributed by atoms with Crippen molar-refractivity contribution in [2.45, 2.75) is 38.0 Å². The van der Waals surface area contributed by atoms with E-state index in [-0.39, 0.29) is 19.1 Å². The van der Waals surface area contributed by atoms with E-state index in [1.807, 2.05) is 6.07 Å². The molecule has 0 saturated carbocycles. The van der Waals surface area contributed by atoms with Crippen molar-refractivity contribution in [3.63, 3.8) is 0 Å². The lowest BCUT2D eigenvalue weighted by Gasteiger charge is -2.30. The summed E-state index contributed by atoms with van der Waals surface area (Å²) in [5.74, 6) is -0.140. The molecule has 8 heteroatoms. The van der Waals surface area contributed by atoms with Gasteiger partial charge in [0, 0.05) is 13.1 Å². The molecule has 1 unspecified atom stereocenters. The second-order valence-corrected chi connectivity index (χ2v) is 7.12. The highest BCUT2D eigenvalue weighted by Gasteiger charge is 2.32. The van der Waals surface area contributed by atoms with E-state index in [0.29, 0.717) is 24.3 Å². The molecule has 2 amide bonds. The van der Waals surface area contributed by atoms with Crippen LogP contribution in [0.25, 0.3) is 0 Å². The number of benzene rings is 2. The summed E-state index contributed by atoms with van der Waals surface area (Å²) in [4.78, 5) is 26.9. The Kier molecular flexibility index (Phi) is 6.97. The van der Waals surface area contributed by atoms with Crippen LogP contribution in [0, 0.1) is 0 Å². The molecule has 0 aromatic heterocycles. The molecular formula is C22H23F3N2O3. The number of alkyl halides is 3. The Labute approximate surface area is 172 Å². The molecule has 1 aliphatic rings. The van der Waals surface area contributed by atoms with E-state index in [2.05, 4.69) is 5.32 Å². The highest BCUT2D eigenvalue weighted by molar-refractivity contribution is 5.88. The number of hydrogen-bond donors (Lipinski definition) is 1. The maximum atomic E-state index is 12.9. The molecule has 30 heavy (non-hydrogen) atoms. The van der Waals surface area contributed by atoms with Gasteiger partial charge in [0.15, 0.2) is 6.61 Å². The number of halogens is 3. The first-order chi connectivity index (χ1) is 14.3. The van der Waals surface area contributed by atoms with Crippen LogP contribution in [-0.2, 0) is 22.3 Å². The van der Waals surface area contributed by atoms with Crippen LogP contribution in [0.5, 0.6) is 5.75 Å². The van der Waals surface area contributed by atoms with Crippen molar-refractivity contribution in [1.82, 2.24) is 10.2 Å². The standard InChI is InChI=1S/C22H23F3N2O3/c23-22(24,25)17-11-9-16(10-12-17)14-27(19-8-4-5-13-26-21(19)29)20(28)15-30-18-6-2-1-3-7-18/h1-3,6-7,9-12,19H,4-5,8,13-15H2,(H,26,29). The number of carbonyl (C=O) groups excluding carboxylic acids is 2. The largest absolute Gasteiger partial charge is 0.484 e. The zero-order valence-electron chi connectivity index (χ0n) is 16.3. The third-order valence-electron chi connectivity index (χ3n) is 4.94. The molecule has 3 rings (SSSR count). The number of amides is 2. The third-order valence-corrected chi connectivity index (χ3v) is 4.94. The second kappa shape index (κ2) is 9.65. The van der Waals surface area contributed by atoms with E-state index in [9.17, 15) is 22.8 Å². The van der Waals surface area contributed by atoms with Crippen molar-refractivity contribution >= 4 is 11.8 Å². The number of nitrogens with one attached hydrogen (secondary N) is 1. The van der Waals surface area contributed by atoms with Gasteiger partial charge in [0.25, 0.3) is 5.91 Å². The molecule has 1 aliphatic heterocycles. The minimum Gasteiger partial charge on any atom is -0.484 e. The van der Waals surface area contributed by atoms with Gasteiger partial charge in [-0.15, -0.1) is 0 Å². The zero-order valence-corrected chi connectivity index (χ0v) is 16.3. The highest BCUT2D eigenvalue weighted by Crippen LogP contribution is 2.29. The summed E-state index contributed by atoms with van der Waals surface area (Å²) >= 11 is 0. The monoisotopic (exact) mass is 420 g/mol. The molecule has 2 aromatic rings. The van der Waals surface area contributed by atoms with Gasteiger partial charge in [0.1, 0.15) is 11.8 Å². The fourth-order valence-corrected chi connectivity index (χ4v) is 3.33. The molecular weight excluding hydrogens is 397 g/mol. The van der Waals surface area contributed by atoms with Crippen molar-refractivity contribution in [1.29, 1.82) is 0 Å². The van der Waals surface area contributed by atoms with Crippen LogP contribution < -0.4 is 10.1 Å². The Morgan fingerprint density at radius 1 is 1.07 bits per heavy atom. The Balaban J connectivity index is 1.77. The molecule has 160 valence electrons. The van der Waals surface area contributed by atoms with Gasteiger partial charge in [0.2, 0.25) is 5.91 Å². The number of ether oxygens (including phenoxy) is 1. The van der Waals surface area contributed by atoms with Crippen molar-refractivity contribution in [2.75, 3.05) is 13.2 Å². The minimum absolute atomic E-state index is 0.0210. The molecule has 1 saturated heterocycles. The van der Waals surface area contributed by atoms with Crippen LogP contribution in [0.3, 0.4) is 0 Å². The van der Waals surface area contributed by atoms with Crippen LogP contribution in [0.1, 0.15) is 30.4 Å². The Hall–Kier alpha value is -3.03. The lowest BCUT2D eigenvalue weighted by Crippen LogP contribution is -2.49. The highest BCUT2D eigenvalue weighted by atomic mass is 19.4. The van der Waals surface area contributed by atoms with E-state index >= 15 is 0 Å². The number of carbonyl (C=O) groups is 2. The zero-order chi connectivity index (χ0) is 21.6. The van der Waals surface area contributed by atoms with E-state index in [1.54, 1.807) is 24.3 Å². The quantitative estimate of drug-likeness (QED) is 0.774. The predicted molar refractivity (Wildman–Crippen MR) is 105 cm³/mol. The maximum absolute atomic E-state index is 12.9. The van der Waals surface area contributed by atoms with Crippen molar-refractivity contribution in [3.8, 4) is 5.75 Å². The number of para-hydroxylation sites is 1. The minimum atomic E-state index is -4.43. The number of hydrogen-bond acceptors (Lipinski definition) is 3. The van der Waals surface area contributed by atoms with Crippen molar-refractivity contribution in [3.05, 3.63) is 65.7 Å². The maximum Gasteiger partial charge on any atom is 0.416 e. The van der Waals surface area contributed by atoms with Crippen molar-refractivity contribution < 1.29 is 27.5 Å². The summed E-state index contributed by atoms with van der Waals surface area (Å²) in [6.45, 7) is 0.291. The van der Waals surface area contributed by atoms with Crippen LogP contribution in [0.2, 0.25) is 0 Å². The van der Waals surface area contributed by atoms with Gasteiger partial charge >= 0.3 is 6.18 Å². The first-order valence-corrected chi connectivity index (χ1v) is 9.76. The first-order valence-electron chi connectivity index (χ1n) is 9.76. The average Bonchev–Trinajstić information content (AvgIpc) is 2.95. The summed E-state index contributed by atoms with van der Waals surface area (Å²) in [6.07, 6.45) is -2.37. The molecule has 5 nitrogen and oxygen atoms in total. The smallest absolute Gasteiger partial charge is 0.416 e. The molecule has 0 spiro atoms. The molecule has 1 N–H and O–H groups in total. The average molecular weight is 420 g/mol. The molecule has 0 bridgehead atoms. The van der Waals surface area contributed by atoms with Gasteiger partial charge < -0.3 is 15.0 Å². The van der Waals surface area contributed by atoms with Gasteiger partial charge in [-0.25, -0.2) is 0 Å². The summed E-state index contributed by atoms with van der Waals surface area (Å²) in [5, 5.41) is 2.80. The van der Waals surface area contributed by atoms with Gasteiger partial charge in [-0.3, -0.25) is 9.59 Å². The summed E-state index contributed by atoms with van der Waals surface area (Å²) in [5.41, 5.74) is -0.253. The van der Waals surface area contributed by atoms with E-state index in [0.717, 1.165) is 25.0 Å². The summed E-state index contributed by atoms with van der Waals surface area (Å²) in [6, 6.07) is 12.7. The summed E-state index contributed by atoms with van der Waals surface area (Å²) < 4.78 is 44.0. The Morgan fingerprint density at radius 2 is 1.77 bits per heavy atom. The Bertz CT molecular complexity index is 854. The first kappa shape index (κ1) is 21.7. The Morgan fingerprint density at radius 3 is 2.43 bits per heavy atom. The fourth-order valence-electron chi connectivity index (χ4n) is 3.33. The lowest BCUT2D eigenvalue weighted by molar-refractivity contribution is -0.142. The molecule has 1 atom stereocenters. The molecule has 0 aliphatic carbocycles. The van der Waals surface area contributed by atoms with Crippen molar-refractivity contribution in [2.24, 2.45) is 0 Å². The number of rotatable bonds is 6. The fraction of sp³-hybridized carbons (Fsp3) is 0.364. The van der Waals surface area contributed by atoms with Crippen LogP contribution in [0.15, 0.2) is 54.6 Å². The van der Waals surface area contributed by atoms with Gasteiger partial charge in [-0.05, 0) is 49.1 Å². The van der Waals surface area contributed by atoms with E-state index in [1.165, 1.54) is 17.0 Å². The SMILES string of the molecule is O=C1NCCCCC1N(Cc1ccc(C(F)(F)F)cc1)C(=O)COc1ccccc1. The van der Waals surface area contributed by atoms with Crippen LogP contribution in [0.4, 0.5) is 13.2 Å². The second-order valence-electron chi connectivity index (χ2n) is 7.12. The number of nitrogens with zero attached hydrogens (tertiary/aromatic N) is 1. The van der Waals surface area contributed by atoms with Gasteiger partial charge in [-0.1, -0.05) is 30.3 Å². The topological polar surface area (TPSA) is 58.6 Å². The molecule has 2 aromatic carbocycles. The molecule has 0 radical (unpaired) electrons.